The van der Waals surface area contributed by atoms with Gasteiger partial charge in [-0.1, -0.05) is 0 Å². The Morgan fingerprint density at radius 2 is 1.59 bits per heavy atom. The van der Waals surface area contributed by atoms with Gasteiger partial charge in [0.15, 0.2) is 0 Å². The largest absolute Gasteiger partial charge is 0.673 e. The number of rotatable bonds is 1. The van der Waals surface area contributed by atoms with E-state index < -0.39 is 29.9 Å². The molecule has 1 saturated heterocycles. The van der Waals surface area contributed by atoms with Crippen molar-refractivity contribution in [1.82, 2.24) is 0 Å². The van der Waals surface area contributed by atoms with Crippen molar-refractivity contribution in [2.75, 3.05) is 0 Å². The lowest BCUT2D eigenvalue weighted by Gasteiger charge is -2.12. The SMILES string of the molecule is F[B-](F)(F)F.NC(=[NH2+])O[N+]1(O)C(=O)CCC1=O. The standard InChI is InChI=1S/C5H8N3O4.BF4/c6-5(7)12-8(11)3(9)1-2-4(8)10;2-1(3,4)5/h11H,1-2H2,(H3,6,7);/q+1;-1/p+1. The number of halogens is 4. The third-order valence-electron chi connectivity index (χ3n) is 1.47. The molecule has 7 nitrogen and oxygen atoms in total. The van der Waals surface area contributed by atoms with E-state index in [2.05, 4.69) is 4.84 Å². The molecule has 0 radical (unpaired) electrons. The summed E-state index contributed by atoms with van der Waals surface area (Å²) in [5.41, 5.74) is 4.87. The number of amidine groups is 1. The highest BCUT2D eigenvalue weighted by Gasteiger charge is 2.55. The van der Waals surface area contributed by atoms with Crippen molar-refractivity contribution in [2.24, 2.45) is 5.73 Å². The Kier molecular flexibility index (Phi) is 4.59. The molecule has 1 aliphatic rings. The van der Waals surface area contributed by atoms with Gasteiger partial charge in [-0.05, 0) is 0 Å². The van der Waals surface area contributed by atoms with E-state index >= 15 is 0 Å². The van der Waals surface area contributed by atoms with Crippen molar-refractivity contribution in [2.45, 2.75) is 12.8 Å². The highest BCUT2D eigenvalue weighted by molar-refractivity contribution is 6.50. The first-order chi connectivity index (χ1) is 7.47. The molecular formula is C5H9BF4N3O4+. The van der Waals surface area contributed by atoms with Crippen LogP contribution in [0.4, 0.5) is 17.3 Å². The molecule has 1 aliphatic heterocycles. The average molecular weight is 262 g/mol. The highest BCUT2D eigenvalue weighted by Crippen LogP contribution is 2.19. The number of nitrogens with zero attached hydrogens (tertiary/aromatic N) is 1. The van der Waals surface area contributed by atoms with Gasteiger partial charge in [0.1, 0.15) is 4.81 Å². The van der Waals surface area contributed by atoms with Crippen molar-refractivity contribution in [3.8, 4) is 0 Å². The van der Waals surface area contributed by atoms with Gasteiger partial charge in [0, 0.05) is 0 Å². The van der Waals surface area contributed by atoms with Crippen LogP contribution in [-0.2, 0) is 14.4 Å². The fourth-order valence-corrected chi connectivity index (χ4v) is 0.910. The minimum Gasteiger partial charge on any atom is -0.418 e. The van der Waals surface area contributed by atoms with Gasteiger partial charge in [0.25, 0.3) is 0 Å². The lowest BCUT2D eigenvalue weighted by atomic mass is 10.3. The second-order valence-electron chi connectivity index (χ2n) is 2.85. The normalized spacial score (nSPS) is 18.4. The van der Waals surface area contributed by atoms with Gasteiger partial charge in [-0.25, -0.2) is 9.59 Å². The van der Waals surface area contributed by atoms with E-state index in [1.54, 1.807) is 0 Å². The van der Waals surface area contributed by atoms with Crippen molar-refractivity contribution in [3.63, 3.8) is 0 Å². The first kappa shape index (κ1) is 15.3. The minimum absolute atomic E-state index is 0.0669. The van der Waals surface area contributed by atoms with Crippen LogP contribution in [0.5, 0.6) is 0 Å². The van der Waals surface area contributed by atoms with Crippen molar-refractivity contribution < 1.29 is 47.1 Å². The Morgan fingerprint density at radius 3 is 1.82 bits per heavy atom. The maximum Gasteiger partial charge on any atom is 0.673 e. The molecule has 98 valence electrons. The van der Waals surface area contributed by atoms with Crippen LogP contribution in [0.2, 0.25) is 0 Å². The van der Waals surface area contributed by atoms with Crippen LogP contribution in [0, 0.1) is 0 Å². The predicted octanol–water partition coefficient (Wildman–Crippen LogP) is -1.66. The third kappa shape index (κ3) is 5.26. The maximum atomic E-state index is 10.9. The number of quaternary nitrogens is 1. The van der Waals surface area contributed by atoms with Crippen LogP contribution in [0.15, 0.2) is 0 Å². The van der Waals surface area contributed by atoms with Crippen LogP contribution >= 0.6 is 0 Å². The predicted molar refractivity (Wildman–Crippen MR) is 43.7 cm³/mol. The Morgan fingerprint density at radius 1 is 1.29 bits per heavy atom. The Hall–Kier alpha value is -1.69. The van der Waals surface area contributed by atoms with E-state index in [1.165, 1.54) is 0 Å². The molecule has 17 heavy (non-hydrogen) atoms. The number of carbonyl (C=O) groups excluding carboxylic acids is 2. The van der Waals surface area contributed by atoms with Crippen molar-refractivity contribution >= 4 is 25.1 Å². The molecule has 1 fully saturated rings. The smallest absolute Gasteiger partial charge is 0.418 e. The summed E-state index contributed by atoms with van der Waals surface area (Å²) in [4.78, 5) is 24.3. The molecule has 12 heteroatoms. The van der Waals surface area contributed by atoms with Gasteiger partial charge < -0.3 is 17.3 Å². The Balaban J connectivity index is 0.000000437. The molecule has 0 aromatic carbocycles. The lowest BCUT2D eigenvalue weighted by Crippen LogP contribution is -2.58. The number of hydrogen-bond donors (Lipinski definition) is 3. The molecule has 2 amide bonds. The number of amides is 2. The first-order valence-corrected chi connectivity index (χ1v) is 4.10. The van der Waals surface area contributed by atoms with Crippen LogP contribution in [0.25, 0.3) is 0 Å². The number of hydrogen-bond acceptors (Lipinski definition) is 4. The quantitative estimate of drug-likeness (QED) is 0.0995. The van der Waals surface area contributed by atoms with Crippen molar-refractivity contribution in [3.05, 3.63) is 0 Å². The summed E-state index contributed by atoms with van der Waals surface area (Å²) in [7, 11) is -6.00. The zero-order chi connectivity index (χ0) is 13.9. The van der Waals surface area contributed by atoms with E-state index in [0.29, 0.717) is 0 Å². The van der Waals surface area contributed by atoms with E-state index in [4.69, 9.17) is 11.1 Å². The van der Waals surface area contributed by atoms with E-state index in [-0.39, 0.29) is 12.8 Å². The molecule has 0 atom stereocenters. The summed E-state index contributed by atoms with van der Waals surface area (Å²) in [6, 6.07) is -0.624. The summed E-state index contributed by atoms with van der Waals surface area (Å²) in [6.07, 6.45) is -0.134. The molecule has 0 saturated carbocycles. The number of hydroxylamine groups is 4. The first-order valence-electron chi connectivity index (χ1n) is 4.10. The number of carbonyl (C=O) groups is 2. The summed E-state index contributed by atoms with van der Waals surface area (Å²) < 4.78 is 39.0. The lowest BCUT2D eigenvalue weighted by molar-refractivity contribution is -1.12. The fraction of sp³-hybridized carbons (Fsp3) is 0.400. The molecule has 0 aliphatic carbocycles. The molecule has 1 rings (SSSR count). The van der Waals surface area contributed by atoms with E-state index in [1.807, 2.05) is 0 Å². The molecule has 1 heterocycles. The van der Waals surface area contributed by atoms with Crippen LogP contribution in [0.3, 0.4) is 0 Å². The number of imide groups is 1. The second-order valence-corrected chi connectivity index (χ2v) is 2.85. The van der Waals surface area contributed by atoms with Gasteiger partial charge in [0.05, 0.1) is 12.8 Å². The number of nitrogens with two attached hydrogens (primary N) is 2. The van der Waals surface area contributed by atoms with Crippen LogP contribution < -0.4 is 11.1 Å². The molecule has 0 spiro atoms. The highest BCUT2D eigenvalue weighted by atomic mass is 19.5. The second kappa shape index (κ2) is 5.10. The van der Waals surface area contributed by atoms with E-state index in [9.17, 15) is 32.1 Å². The van der Waals surface area contributed by atoms with Crippen molar-refractivity contribution in [1.29, 1.82) is 0 Å². The molecule has 0 aromatic rings. The van der Waals surface area contributed by atoms with Gasteiger partial charge in [0.2, 0.25) is 0 Å². The fourth-order valence-electron chi connectivity index (χ4n) is 0.910. The Bertz CT molecular complexity index is 325. The molecule has 0 bridgehead atoms. The summed E-state index contributed by atoms with van der Waals surface area (Å²) >= 11 is 0. The van der Waals surface area contributed by atoms with Gasteiger partial charge in [-0.2, -0.15) is 10.0 Å². The monoisotopic (exact) mass is 262 g/mol. The zero-order valence-corrected chi connectivity index (χ0v) is 8.28. The third-order valence-corrected chi connectivity index (χ3v) is 1.47. The van der Waals surface area contributed by atoms with E-state index in [0.717, 1.165) is 0 Å². The average Bonchev–Trinajstić information content (AvgIpc) is 2.29. The van der Waals surface area contributed by atoms with Gasteiger partial charge in [-0.15, -0.1) is 0 Å². The van der Waals surface area contributed by atoms with Gasteiger partial charge in [-0.3, -0.25) is 11.1 Å². The molecule has 0 unspecified atom stereocenters. The minimum atomic E-state index is -6.00. The summed E-state index contributed by atoms with van der Waals surface area (Å²) in [6.45, 7) is 0. The Labute approximate surface area is 91.9 Å². The summed E-state index contributed by atoms with van der Waals surface area (Å²) in [5.74, 6) is -1.54. The molecule has 0 aromatic heterocycles. The molecular weight excluding hydrogens is 253 g/mol. The molecule has 5 N–H and O–H groups in total. The van der Waals surface area contributed by atoms with Crippen LogP contribution in [-0.4, -0.2) is 35.1 Å². The summed E-state index contributed by atoms with van der Waals surface area (Å²) in [5, 5.41) is 14.1. The van der Waals surface area contributed by atoms with Gasteiger partial charge >= 0.3 is 25.1 Å². The topological polar surface area (TPSA) is 115 Å². The zero-order valence-electron chi connectivity index (χ0n) is 8.28. The maximum absolute atomic E-state index is 10.9. The van der Waals surface area contributed by atoms with Crippen LogP contribution in [0.1, 0.15) is 12.8 Å².